The highest BCUT2D eigenvalue weighted by Gasteiger charge is 2.05. The maximum absolute atomic E-state index is 4.20. The van der Waals surface area contributed by atoms with Crippen LogP contribution >= 0.6 is 0 Å². The second kappa shape index (κ2) is 17.6. The van der Waals surface area contributed by atoms with Crippen LogP contribution in [0, 0.1) is 27.7 Å². The summed E-state index contributed by atoms with van der Waals surface area (Å²) in [7, 11) is 0. The molecule has 0 nitrogen and oxygen atoms in total. The Balaban J connectivity index is 0.000000535. The molecular formula is C34H48. The van der Waals surface area contributed by atoms with Gasteiger partial charge >= 0.3 is 0 Å². The topological polar surface area (TPSA) is 0 Å². The van der Waals surface area contributed by atoms with E-state index in [9.17, 15) is 0 Å². The fourth-order valence-corrected chi connectivity index (χ4v) is 3.21. The first kappa shape index (κ1) is 31.1. The Morgan fingerprint density at radius 2 is 1.41 bits per heavy atom. The predicted molar refractivity (Wildman–Crippen MR) is 157 cm³/mol. The van der Waals surface area contributed by atoms with E-state index in [0.717, 1.165) is 12.0 Å². The summed E-state index contributed by atoms with van der Waals surface area (Å²) >= 11 is 0. The van der Waals surface area contributed by atoms with Gasteiger partial charge < -0.3 is 0 Å². The molecule has 0 aromatic heterocycles. The van der Waals surface area contributed by atoms with Crippen LogP contribution in [0.25, 0.3) is 5.57 Å². The molecular weight excluding hydrogens is 408 g/mol. The van der Waals surface area contributed by atoms with Gasteiger partial charge in [0, 0.05) is 0 Å². The van der Waals surface area contributed by atoms with E-state index in [2.05, 4.69) is 128 Å². The first-order valence-electron chi connectivity index (χ1n) is 12.7. The number of aryl methyl sites for hydroxylation is 4. The number of hydrogen-bond donors (Lipinski definition) is 0. The summed E-state index contributed by atoms with van der Waals surface area (Å²) in [5.41, 5.74) is 10.3. The van der Waals surface area contributed by atoms with Crippen LogP contribution in [0.1, 0.15) is 92.3 Å². The van der Waals surface area contributed by atoms with Crippen molar-refractivity contribution in [3.63, 3.8) is 0 Å². The predicted octanol–water partition coefficient (Wildman–Crippen LogP) is 10.8. The largest absolute Gasteiger partial charge is 0.103 e. The molecule has 0 bridgehead atoms. The highest BCUT2D eigenvalue weighted by molar-refractivity contribution is 5.79. The molecule has 3 aromatic carbocycles. The Hall–Kier alpha value is -2.86. The van der Waals surface area contributed by atoms with Gasteiger partial charge in [-0.1, -0.05) is 120 Å². The minimum Gasteiger partial charge on any atom is -0.103 e. The van der Waals surface area contributed by atoms with Crippen molar-refractivity contribution in [2.75, 3.05) is 0 Å². The van der Waals surface area contributed by atoms with Crippen LogP contribution < -0.4 is 0 Å². The van der Waals surface area contributed by atoms with Crippen molar-refractivity contribution in [2.45, 2.75) is 81.1 Å². The van der Waals surface area contributed by atoms with Crippen LogP contribution in [0.2, 0.25) is 0 Å². The van der Waals surface area contributed by atoms with Crippen molar-refractivity contribution in [1.82, 2.24) is 0 Å². The van der Waals surface area contributed by atoms with Crippen molar-refractivity contribution in [1.29, 1.82) is 0 Å². The summed E-state index contributed by atoms with van der Waals surface area (Å²) in [5, 5.41) is 0. The third kappa shape index (κ3) is 10.8. The van der Waals surface area contributed by atoms with Crippen LogP contribution in [0.4, 0.5) is 0 Å². The standard InChI is InChI=1S/C16H16.C12H18.C4H8.C2H6/c1-12-7-6-9-15(11-12)14(3)16-10-5-4-8-13(16)2;1-5-9(2)12-7-6-10(3)11(4)8-12;1-3-4-2;1-2/h4-11H,3H2,1-2H3;6-9H,5H2,1-4H3;3H,1,4H2,2H3;1-2H3. The van der Waals surface area contributed by atoms with E-state index in [4.69, 9.17) is 0 Å². The number of benzene rings is 3. The van der Waals surface area contributed by atoms with Crippen LogP contribution in [0.15, 0.2) is 86.0 Å². The molecule has 34 heavy (non-hydrogen) atoms. The minimum absolute atomic E-state index is 0.698. The molecule has 0 aliphatic rings. The van der Waals surface area contributed by atoms with Gasteiger partial charge in [-0.05, 0) is 85.4 Å². The van der Waals surface area contributed by atoms with Crippen LogP contribution in [0.3, 0.4) is 0 Å². The molecule has 0 amide bonds. The van der Waals surface area contributed by atoms with Crippen LogP contribution in [-0.4, -0.2) is 0 Å². The zero-order valence-electron chi connectivity index (χ0n) is 23.3. The van der Waals surface area contributed by atoms with Gasteiger partial charge in [-0.2, -0.15) is 0 Å². The third-order valence-electron chi connectivity index (χ3n) is 5.84. The molecule has 0 aliphatic heterocycles. The zero-order valence-corrected chi connectivity index (χ0v) is 23.3. The van der Waals surface area contributed by atoms with Crippen LogP contribution in [0.5, 0.6) is 0 Å². The summed E-state index contributed by atoms with van der Waals surface area (Å²) in [4.78, 5) is 0. The van der Waals surface area contributed by atoms with E-state index in [1.165, 1.54) is 45.4 Å². The SMILES string of the molecule is C=C(c1cccc(C)c1)c1ccccc1C.C=CCC.CC.CCC(C)c1ccc(C)c(C)c1. The van der Waals surface area contributed by atoms with Crippen molar-refractivity contribution in [3.8, 4) is 0 Å². The molecule has 0 heterocycles. The summed E-state index contributed by atoms with van der Waals surface area (Å²) in [6, 6.07) is 23.6. The minimum atomic E-state index is 0.698. The van der Waals surface area contributed by atoms with Crippen molar-refractivity contribution < 1.29 is 0 Å². The fraction of sp³-hybridized carbons (Fsp3) is 0.353. The van der Waals surface area contributed by atoms with Gasteiger partial charge in [0.15, 0.2) is 0 Å². The lowest BCUT2D eigenvalue weighted by Crippen LogP contribution is -1.92. The molecule has 1 atom stereocenters. The average Bonchev–Trinajstić information content (AvgIpc) is 2.87. The van der Waals surface area contributed by atoms with Gasteiger partial charge in [0.25, 0.3) is 0 Å². The third-order valence-corrected chi connectivity index (χ3v) is 5.84. The maximum atomic E-state index is 4.20. The lowest BCUT2D eigenvalue weighted by molar-refractivity contribution is 0.732. The van der Waals surface area contributed by atoms with Gasteiger partial charge in [-0.3, -0.25) is 0 Å². The zero-order chi connectivity index (χ0) is 26.1. The summed E-state index contributed by atoms with van der Waals surface area (Å²) in [6.45, 7) is 26.8. The van der Waals surface area contributed by atoms with Gasteiger partial charge in [0.1, 0.15) is 0 Å². The van der Waals surface area contributed by atoms with E-state index >= 15 is 0 Å². The highest BCUT2D eigenvalue weighted by Crippen LogP contribution is 2.24. The van der Waals surface area contributed by atoms with E-state index in [0.29, 0.717) is 5.92 Å². The Morgan fingerprint density at radius 1 is 0.794 bits per heavy atom. The molecule has 0 fully saturated rings. The molecule has 1 unspecified atom stereocenters. The van der Waals surface area contributed by atoms with E-state index in [1.807, 2.05) is 19.9 Å². The number of allylic oxidation sites excluding steroid dienone is 1. The molecule has 0 spiro atoms. The maximum Gasteiger partial charge on any atom is -0.0155 e. The molecule has 0 N–H and O–H groups in total. The molecule has 0 saturated carbocycles. The van der Waals surface area contributed by atoms with Crippen molar-refractivity contribution in [2.24, 2.45) is 0 Å². The number of hydrogen-bond acceptors (Lipinski definition) is 0. The first-order valence-corrected chi connectivity index (χ1v) is 12.7. The lowest BCUT2D eigenvalue weighted by atomic mass is 9.95. The van der Waals surface area contributed by atoms with E-state index < -0.39 is 0 Å². The van der Waals surface area contributed by atoms with Crippen molar-refractivity contribution in [3.05, 3.63) is 125 Å². The monoisotopic (exact) mass is 456 g/mol. The van der Waals surface area contributed by atoms with Crippen LogP contribution in [-0.2, 0) is 0 Å². The van der Waals surface area contributed by atoms with Gasteiger partial charge in [-0.15, -0.1) is 6.58 Å². The summed E-state index contributed by atoms with van der Waals surface area (Å²) in [6.07, 6.45) is 4.18. The molecule has 0 radical (unpaired) electrons. The second-order valence-corrected chi connectivity index (χ2v) is 8.51. The Bertz CT molecular complexity index is 990. The van der Waals surface area contributed by atoms with Gasteiger partial charge in [-0.25, -0.2) is 0 Å². The van der Waals surface area contributed by atoms with Gasteiger partial charge in [0.2, 0.25) is 0 Å². The van der Waals surface area contributed by atoms with Crippen molar-refractivity contribution >= 4 is 5.57 Å². The van der Waals surface area contributed by atoms with Gasteiger partial charge in [0.05, 0.1) is 0 Å². The Morgan fingerprint density at radius 3 is 1.91 bits per heavy atom. The molecule has 0 saturated heterocycles. The Labute approximate surface area is 211 Å². The average molecular weight is 457 g/mol. The number of rotatable bonds is 5. The highest BCUT2D eigenvalue weighted by atomic mass is 14.1. The lowest BCUT2D eigenvalue weighted by Gasteiger charge is -2.10. The van der Waals surface area contributed by atoms with E-state index in [-0.39, 0.29) is 0 Å². The molecule has 0 aliphatic carbocycles. The van der Waals surface area contributed by atoms with E-state index in [1.54, 1.807) is 0 Å². The smallest absolute Gasteiger partial charge is 0.0155 e. The molecule has 3 rings (SSSR count). The summed E-state index contributed by atoms with van der Waals surface area (Å²) in [5.74, 6) is 0.698. The normalized spacial score (nSPS) is 10.3. The summed E-state index contributed by atoms with van der Waals surface area (Å²) < 4.78 is 0. The molecule has 3 aromatic rings. The quantitative estimate of drug-likeness (QED) is 0.335. The second-order valence-electron chi connectivity index (χ2n) is 8.51. The Kier molecular flexibility index (Phi) is 16.1. The first-order chi connectivity index (χ1) is 16.2. The fourth-order valence-electron chi connectivity index (χ4n) is 3.21. The molecule has 184 valence electrons. The molecule has 0 heteroatoms.